The van der Waals surface area contributed by atoms with E-state index in [1.165, 1.54) is 83.1 Å². The van der Waals surface area contributed by atoms with Crippen LogP contribution in [0.15, 0.2) is 309 Å². The monoisotopic (exact) mass is 993 g/mol. The number of hydrogen-bond acceptors (Lipinski definition) is 3. The number of benzene rings is 13. The molecular formula is C75H51N3. The summed E-state index contributed by atoms with van der Waals surface area (Å²) in [4.78, 5) is 7.30. The molecule has 3 heteroatoms. The van der Waals surface area contributed by atoms with Gasteiger partial charge in [-0.25, -0.2) is 0 Å². The molecule has 0 N–H and O–H groups in total. The highest BCUT2D eigenvalue weighted by Gasteiger charge is 2.52. The Hall–Kier alpha value is -10.2. The van der Waals surface area contributed by atoms with E-state index >= 15 is 0 Å². The SMILES string of the molecule is c1ccc(-c2ccc(N(c3ccc(-c4ccc(N(c5ccccc5)c5cccc6ccccc56)cc4)cc3)c3ccc4c(c3)C3(c5ccccc5-4)c4ccccc4N(c4cccc5ccccc45)c4ccccc43)cc2)cc1. The molecule has 1 aliphatic heterocycles. The summed E-state index contributed by atoms with van der Waals surface area (Å²) in [5.41, 5.74) is 21.8. The second kappa shape index (κ2) is 18.6. The standard InChI is InChI=1S/C75H51N3/c1-3-19-52(20-4-1)53-37-43-59(44-38-53)76(60-45-39-54(40-46-60)55-41-47-61(48-42-55)77(58-25-5-2-6-26-58)71-35-17-23-56-21-7-9-27-63(56)71)62-49-50-66-65-29-11-12-30-67(65)75(70(66)51-62)68-31-13-15-33-73(68)78(74-34-16-14-32-69(74)75)72-36-18-24-57-22-8-10-28-64(57)72/h1-51H. The van der Waals surface area contributed by atoms with Gasteiger partial charge in [0.15, 0.2) is 0 Å². The minimum atomic E-state index is -0.612. The van der Waals surface area contributed by atoms with Crippen LogP contribution in [-0.4, -0.2) is 0 Å². The quantitative estimate of drug-likeness (QED) is 0.143. The smallest absolute Gasteiger partial charge is 0.0755 e. The highest BCUT2D eigenvalue weighted by Crippen LogP contribution is 2.64. The van der Waals surface area contributed by atoms with Gasteiger partial charge in [0.1, 0.15) is 0 Å². The normalized spacial score (nSPS) is 12.7. The van der Waals surface area contributed by atoms with Crippen LogP contribution in [0.2, 0.25) is 0 Å². The van der Waals surface area contributed by atoms with Crippen LogP contribution in [-0.2, 0) is 5.41 Å². The first kappa shape index (κ1) is 45.2. The van der Waals surface area contributed by atoms with Gasteiger partial charge in [-0.2, -0.15) is 0 Å². The fourth-order valence-corrected chi connectivity index (χ4v) is 12.8. The third-order valence-electron chi connectivity index (χ3n) is 16.2. The van der Waals surface area contributed by atoms with Crippen molar-refractivity contribution in [2.75, 3.05) is 14.7 Å². The molecule has 1 aliphatic carbocycles. The van der Waals surface area contributed by atoms with Gasteiger partial charge in [0.05, 0.1) is 28.2 Å². The molecule has 366 valence electrons. The fourth-order valence-electron chi connectivity index (χ4n) is 12.8. The van der Waals surface area contributed by atoms with Crippen LogP contribution >= 0.6 is 0 Å². The zero-order valence-electron chi connectivity index (χ0n) is 42.8. The first-order valence-corrected chi connectivity index (χ1v) is 26.9. The maximum absolute atomic E-state index is 2.50. The Balaban J connectivity index is 0.867. The van der Waals surface area contributed by atoms with Crippen LogP contribution in [0.3, 0.4) is 0 Å². The molecule has 0 unspecified atom stereocenters. The second-order valence-corrected chi connectivity index (χ2v) is 20.4. The highest BCUT2D eigenvalue weighted by atomic mass is 15.2. The lowest BCUT2D eigenvalue weighted by molar-refractivity contribution is 0.753. The maximum atomic E-state index is 2.50. The maximum Gasteiger partial charge on any atom is 0.0755 e. The fraction of sp³-hybridized carbons (Fsp3) is 0.0133. The first-order chi connectivity index (χ1) is 38.7. The predicted octanol–water partition coefficient (Wildman–Crippen LogP) is 20.4. The molecule has 1 spiro atoms. The van der Waals surface area contributed by atoms with E-state index in [9.17, 15) is 0 Å². The highest BCUT2D eigenvalue weighted by molar-refractivity contribution is 6.04. The molecule has 15 rings (SSSR count). The summed E-state index contributed by atoms with van der Waals surface area (Å²) < 4.78 is 0. The van der Waals surface area contributed by atoms with Crippen molar-refractivity contribution in [1.29, 1.82) is 0 Å². The lowest BCUT2D eigenvalue weighted by Crippen LogP contribution is -2.36. The Labute approximate surface area is 455 Å². The molecule has 0 radical (unpaired) electrons. The van der Waals surface area contributed by atoms with E-state index in [4.69, 9.17) is 0 Å². The van der Waals surface area contributed by atoms with Gasteiger partial charge in [0.25, 0.3) is 0 Å². The molecule has 0 saturated carbocycles. The summed E-state index contributed by atoms with van der Waals surface area (Å²) in [6.45, 7) is 0. The van der Waals surface area contributed by atoms with Crippen LogP contribution in [0.5, 0.6) is 0 Å². The van der Waals surface area contributed by atoms with Crippen molar-refractivity contribution < 1.29 is 0 Å². The van der Waals surface area contributed by atoms with Gasteiger partial charge in [-0.15, -0.1) is 0 Å². The van der Waals surface area contributed by atoms with E-state index in [1.54, 1.807) is 0 Å². The van der Waals surface area contributed by atoms with Gasteiger partial charge in [-0.1, -0.05) is 224 Å². The van der Waals surface area contributed by atoms with Crippen LogP contribution in [0.1, 0.15) is 22.3 Å². The third kappa shape index (κ3) is 7.20. The molecule has 2 aliphatic rings. The second-order valence-electron chi connectivity index (χ2n) is 20.4. The van der Waals surface area contributed by atoms with Crippen molar-refractivity contribution in [2.45, 2.75) is 5.41 Å². The Kier molecular flexibility index (Phi) is 10.8. The molecule has 0 atom stereocenters. The number of para-hydroxylation sites is 3. The average molecular weight is 994 g/mol. The number of nitrogens with zero attached hydrogens (tertiary/aromatic N) is 3. The van der Waals surface area contributed by atoms with E-state index in [0.717, 1.165) is 45.3 Å². The minimum absolute atomic E-state index is 0.612. The van der Waals surface area contributed by atoms with Crippen LogP contribution < -0.4 is 14.7 Å². The van der Waals surface area contributed by atoms with E-state index in [0.29, 0.717) is 0 Å². The lowest BCUT2D eigenvalue weighted by atomic mass is 9.64. The lowest BCUT2D eigenvalue weighted by Gasteiger charge is -2.45. The Morgan fingerprint density at radius 1 is 0.244 bits per heavy atom. The van der Waals surface area contributed by atoms with Crippen LogP contribution in [0, 0.1) is 0 Å². The average Bonchev–Trinajstić information content (AvgIpc) is 3.05. The topological polar surface area (TPSA) is 9.72 Å². The van der Waals surface area contributed by atoms with E-state index in [-0.39, 0.29) is 0 Å². The molecule has 13 aromatic carbocycles. The number of rotatable bonds is 9. The summed E-state index contributed by atoms with van der Waals surface area (Å²) >= 11 is 0. The molecule has 3 nitrogen and oxygen atoms in total. The van der Waals surface area contributed by atoms with Crippen molar-refractivity contribution in [1.82, 2.24) is 0 Å². The van der Waals surface area contributed by atoms with Gasteiger partial charge in [0.2, 0.25) is 0 Å². The van der Waals surface area contributed by atoms with Crippen LogP contribution in [0.4, 0.5) is 51.2 Å². The number of anilines is 9. The predicted molar refractivity (Wildman–Crippen MR) is 327 cm³/mol. The van der Waals surface area contributed by atoms with Gasteiger partial charge in [-0.3, -0.25) is 0 Å². The molecule has 1 heterocycles. The molecule has 78 heavy (non-hydrogen) atoms. The molecule has 0 saturated heterocycles. The van der Waals surface area contributed by atoms with E-state index in [1.807, 2.05) is 0 Å². The summed E-state index contributed by atoms with van der Waals surface area (Å²) in [5, 5.41) is 4.87. The van der Waals surface area contributed by atoms with E-state index < -0.39 is 5.41 Å². The van der Waals surface area contributed by atoms with Crippen molar-refractivity contribution >= 4 is 72.7 Å². The molecule has 0 amide bonds. The summed E-state index contributed by atoms with van der Waals surface area (Å²) in [6.07, 6.45) is 0. The molecule has 0 aromatic heterocycles. The summed E-state index contributed by atoms with van der Waals surface area (Å²) in [5.74, 6) is 0. The Bertz CT molecular complexity index is 4320. The Morgan fingerprint density at radius 2 is 0.654 bits per heavy atom. The van der Waals surface area contributed by atoms with Crippen LogP contribution in [0.25, 0.3) is 54.9 Å². The number of hydrogen-bond donors (Lipinski definition) is 0. The van der Waals surface area contributed by atoms with Crippen molar-refractivity contribution in [3.8, 4) is 33.4 Å². The number of fused-ring (bicyclic) bond motifs is 11. The first-order valence-electron chi connectivity index (χ1n) is 26.9. The molecule has 0 fully saturated rings. The van der Waals surface area contributed by atoms with Crippen molar-refractivity contribution in [2.24, 2.45) is 0 Å². The van der Waals surface area contributed by atoms with Gasteiger partial charge < -0.3 is 14.7 Å². The zero-order chi connectivity index (χ0) is 51.6. The van der Waals surface area contributed by atoms with Crippen molar-refractivity contribution in [3.05, 3.63) is 332 Å². The molecule has 13 aromatic rings. The van der Waals surface area contributed by atoms with Gasteiger partial charge >= 0.3 is 0 Å². The third-order valence-corrected chi connectivity index (χ3v) is 16.2. The summed E-state index contributed by atoms with van der Waals surface area (Å²) in [6, 6.07) is 114. The molecular weight excluding hydrogens is 943 g/mol. The largest absolute Gasteiger partial charge is 0.310 e. The van der Waals surface area contributed by atoms with Crippen molar-refractivity contribution in [3.63, 3.8) is 0 Å². The van der Waals surface area contributed by atoms with E-state index in [2.05, 4.69) is 324 Å². The van der Waals surface area contributed by atoms with Gasteiger partial charge in [-0.05, 0) is 151 Å². The Morgan fingerprint density at radius 3 is 1.28 bits per heavy atom. The summed E-state index contributed by atoms with van der Waals surface area (Å²) in [7, 11) is 0. The molecule has 0 bridgehead atoms. The van der Waals surface area contributed by atoms with Gasteiger partial charge in [0, 0.05) is 39.2 Å². The minimum Gasteiger partial charge on any atom is -0.310 e. The zero-order valence-corrected chi connectivity index (χ0v) is 42.8.